The maximum absolute atomic E-state index is 12.4. The van der Waals surface area contributed by atoms with E-state index in [1.54, 1.807) is 17.0 Å². The molecule has 104 valence electrons. The summed E-state index contributed by atoms with van der Waals surface area (Å²) in [6.07, 6.45) is 2.66. The summed E-state index contributed by atoms with van der Waals surface area (Å²) in [6.45, 7) is 7.23. The van der Waals surface area contributed by atoms with Crippen LogP contribution in [0.5, 0.6) is 0 Å². The Labute approximate surface area is 114 Å². The molecule has 0 aliphatic carbocycles. The number of rotatable bonds is 8. The van der Waals surface area contributed by atoms with Crippen LogP contribution in [0.2, 0.25) is 0 Å². The summed E-state index contributed by atoms with van der Waals surface area (Å²) in [4.78, 5) is 14.0. The van der Waals surface area contributed by atoms with Crippen molar-refractivity contribution in [1.82, 2.24) is 4.90 Å². The molecule has 0 heterocycles. The fourth-order valence-electron chi connectivity index (χ4n) is 1.81. The van der Waals surface area contributed by atoms with E-state index in [-0.39, 0.29) is 12.5 Å². The predicted molar refractivity (Wildman–Crippen MR) is 78.4 cm³/mol. The monoisotopic (exact) mass is 262 g/mol. The van der Waals surface area contributed by atoms with Gasteiger partial charge in [-0.25, -0.2) is 0 Å². The van der Waals surface area contributed by atoms with Gasteiger partial charge in [-0.2, -0.15) is 0 Å². The number of benzene rings is 1. The molecule has 0 saturated carbocycles. The molecular formula is C15H22N2O2. The Bertz CT molecular complexity index is 418. The Morgan fingerprint density at radius 2 is 2.21 bits per heavy atom. The molecule has 0 bridgehead atoms. The van der Waals surface area contributed by atoms with Crippen LogP contribution in [0, 0.1) is 0 Å². The third-order valence-electron chi connectivity index (χ3n) is 2.73. The van der Waals surface area contributed by atoms with Crippen LogP contribution in [0.25, 0.3) is 0 Å². The van der Waals surface area contributed by atoms with Gasteiger partial charge < -0.3 is 15.3 Å². The maximum Gasteiger partial charge on any atom is 0.256 e. The summed E-state index contributed by atoms with van der Waals surface area (Å²) >= 11 is 0. The van der Waals surface area contributed by atoms with Crippen molar-refractivity contribution >= 4 is 11.6 Å². The standard InChI is InChI=1S/C15H22N2O2/c1-3-9-16-14-8-6-5-7-13(14)15(19)17(10-4-2)11-12-18/h4-8,16,18H,2-3,9-12H2,1H3. The molecule has 1 aromatic carbocycles. The molecule has 0 fully saturated rings. The second-order valence-electron chi connectivity index (χ2n) is 4.24. The van der Waals surface area contributed by atoms with Crippen molar-refractivity contribution < 1.29 is 9.90 Å². The first-order chi connectivity index (χ1) is 9.24. The molecule has 0 aromatic heterocycles. The van der Waals surface area contributed by atoms with Crippen molar-refractivity contribution in [2.45, 2.75) is 13.3 Å². The first-order valence-corrected chi connectivity index (χ1v) is 6.58. The van der Waals surface area contributed by atoms with Crippen LogP contribution in [-0.2, 0) is 0 Å². The van der Waals surface area contributed by atoms with Crippen LogP contribution in [0.15, 0.2) is 36.9 Å². The summed E-state index contributed by atoms with van der Waals surface area (Å²) in [5.41, 5.74) is 1.47. The van der Waals surface area contributed by atoms with Crippen LogP contribution < -0.4 is 5.32 Å². The summed E-state index contributed by atoms with van der Waals surface area (Å²) < 4.78 is 0. The van der Waals surface area contributed by atoms with E-state index < -0.39 is 0 Å². The first-order valence-electron chi connectivity index (χ1n) is 6.58. The smallest absolute Gasteiger partial charge is 0.256 e. The lowest BCUT2D eigenvalue weighted by Gasteiger charge is -2.21. The molecule has 4 nitrogen and oxygen atoms in total. The number of carbonyl (C=O) groups is 1. The molecule has 1 rings (SSSR count). The van der Waals surface area contributed by atoms with E-state index in [0.29, 0.717) is 18.7 Å². The van der Waals surface area contributed by atoms with Crippen LogP contribution >= 0.6 is 0 Å². The van der Waals surface area contributed by atoms with Crippen molar-refractivity contribution in [2.75, 3.05) is 31.6 Å². The minimum Gasteiger partial charge on any atom is -0.395 e. The number of aliphatic hydroxyl groups is 1. The lowest BCUT2D eigenvalue weighted by atomic mass is 10.1. The summed E-state index contributed by atoms with van der Waals surface area (Å²) in [5, 5.41) is 12.3. The molecule has 0 saturated heterocycles. The first kappa shape index (κ1) is 15.2. The van der Waals surface area contributed by atoms with Gasteiger partial charge in [-0.1, -0.05) is 25.1 Å². The Morgan fingerprint density at radius 3 is 2.84 bits per heavy atom. The van der Waals surface area contributed by atoms with Gasteiger partial charge in [0.05, 0.1) is 12.2 Å². The number of aliphatic hydroxyl groups excluding tert-OH is 1. The molecule has 1 amide bonds. The summed E-state index contributed by atoms with van der Waals surface area (Å²) in [5.74, 6) is -0.0897. The van der Waals surface area contributed by atoms with E-state index >= 15 is 0 Å². The Hall–Kier alpha value is -1.81. The lowest BCUT2D eigenvalue weighted by Crippen LogP contribution is -2.34. The lowest BCUT2D eigenvalue weighted by molar-refractivity contribution is 0.0744. The number of carbonyl (C=O) groups excluding carboxylic acids is 1. The molecule has 0 aliphatic heterocycles. The molecular weight excluding hydrogens is 240 g/mol. The van der Waals surface area contributed by atoms with Gasteiger partial charge in [-0.05, 0) is 18.6 Å². The predicted octanol–water partition coefficient (Wildman–Crippen LogP) is 2.13. The van der Waals surface area contributed by atoms with E-state index in [9.17, 15) is 4.79 Å². The van der Waals surface area contributed by atoms with Gasteiger partial charge in [0.25, 0.3) is 5.91 Å². The van der Waals surface area contributed by atoms with Crippen LogP contribution in [0.1, 0.15) is 23.7 Å². The van der Waals surface area contributed by atoms with Crippen molar-refractivity contribution in [3.05, 3.63) is 42.5 Å². The minimum atomic E-state index is -0.0897. The quantitative estimate of drug-likeness (QED) is 0.706. The van der Waals surface area contributed by atoms with Crippen molar-refractivity contribution in [1.29, 1.82) is 0 Å². The molecule has 2 N–H and O–H groups in total. The molecule has 4 heteroatoms. The van der Waals surface area contributed by atoms with Gasteiger partial charge in [0.2, 0.25) is 0 Å². The number of amides is 1. The van der Waals surface area contributed by atoms with Crippen LogP contribution in [-0.4, -0.2) is 42.2 Å². The third-order valence-corrected chi connectivity index (χ3v) is 2.73. The third kappa shape index (κ3) is 4.41. The highest BCUT2D eigenvalue weighted by molar-refractivity contribution is 5.99. The van der Waals surface area contributed by atoms with Crippen molar-refractivity contribution in [3.63, 3.8) is 0 Å². The molecule has 1 aromatic rings. The molecule has 0 spiro atoms. The average molecular weight is 262 g/mol. The normalized spacial score (nSPS) is 10.0. The summed E-state index contributed by atoms with van der Waals surface area (Å²) in [7, 11) is 0. The number of hydrogen-bond donors (Lipinski definition) is 2. The topological polar surface area (TPSA) is 52.6 Å². The van der Waals surface area contributed by atoms with Crippen molar-refractivity contribution in [3.8, 4) is 0 Å². The van der Waals surface area contributed by atoms with Crippen LogP contribution in [0.4, 0.5) is 5.69 Å². The molecule has 0 unspecified atom stereocenters. The van der Waals surface area contributed by atoms with Gasteiger partial charge in [-0.3, -0.25) is 4.79 Å². The van der Waals surface area contributed by atoms with Gasteiger partial charge >= 0.3 is 0 Å². The second-order valence-corrected chi connectivity index (χ2v) is 4.24. The average Bonchev–Trinajstić information content (AvgIpc) is 2.44. The highest BCUT2D eigenvalue weighted by atomic mass is 16.3. The number of nitrogens with one attached hydrogen (secondary N) is 1. The van der Waals surface area contributed by atoms with E-state index in [0.717, 1.165) is 18.7 Å². The number of anilines is 1. The fraction of sp³-hybridized carbons (Fsp3) is 0.400. The molecule has 0 radical (unpaired) electrons. The zero-order chi connectivity index (χ0) is 14.1. The number of hydrogen-bond acceptors (Lipinski definition) is 3. The largest absolute Gasteiger partial charge is 0.395 e. The van der Waals surface area contributed by atoms with Gasteiger partial charge in [0, 0.05) is 25.3 Å². The fourth-order valence-corrected chi connectivity index (χ4v) is 1.81. The van der Waals surface area contributed by atoms with E-state index in [1.165, 1.54) is 0 Å². The molecule has 0 aliphatic rings. The summed E-state index contributed by atoms with van der Waals surface area (Å²) in [6, 6.07) is 7.44. The zero-order valence-electron chi connectivity index (χ0n) is 11.4. The Kier molecular flexibility index (Phi) is 6.68. The highest BCUT2D eigenvalue weighted by Crippen LogP contribution is 2.17. The van der Waals surface area contributed by atoms with E-state index in [4.69, 9.17) is 5.11 Å². The highest BCUT2D eigenvalue weighted by Gasteiger charge is 2.16. The van der Waals surface area contributed by atoms with Gasteiger partial charge in [0.1, 0.15) is 0 Å². The van der Waals surface area contributed by atoms with Gasteiger partial charge in [0.15, 0.2) is 0 Å². The van der Waals surface area contributed by atoms with E-state index in [1.807, 2.05) is 18.2 Å². The Morgan fingerprint density at radius 1 is 1.47 bits per heavy atom. The Balaban J connectivity index is 2.92. The molecule has 0 atom stereocenters. The number of nitrogens with zero attached hydrogens (tertiary/aromatic N) is 1. The molecule has 19 heavy (non-hydrogen) atoms. The number of para-hydroxylation sites is 1. The van der Waals surface area contributed by atoms with Gasteiger partial charge in [-0.15, -0.1) is 6.58 Å². The van der Waals surface area contributed by atoms with Crippen molar-refractivity contribution in [2.24, 2.45) is 0 Å². The second kappa shape index (κ2) is 8.32. The maximum atomic E-state index is 12.4. The zero-order valence-corrected chi connectivity index (χ0v) is 11.4. The van der Waals surface area contributed by atoms with E-state index in [2.05, 4.69) is 18.8 Å². The SMILES string of the molecule is C=CCN(CCO)C(=O)c1ccccc1NCCC. The van der Waals surface area contributed by atoms with Crippen LogP contribution in [0.3, 0.4) is 0 Å². The minimum absolute atomic E-state index is 0.0515.